The van der Waals surface area contributed by atoms with Gasteiger partial charge in [-0.25, -0.2) is 9.78 Å². The molecule has 0 aliphatic carbocycles. The molecule has 0 bridgehead atoms. The zero-order chi connectivity index (χ0) is 21.2. The van der Waals surface area contributed by atoms with Crippen molar-refractivity contribution in [2.45, 2.75) is 0 Å². The van der Waals surface area contributed by atoms with E-state index in [0.717, 1.165) is 27.6 Å². The van der Waals surface area contributed by atoms with Crippen molar-refractivity contribution in [3.8, 4) is 5.95 Å². The van der Waals surface area contributed by atoms with Gasteiger partial charge in [0.1, 0.15) is 5.69 Å². The number of carboxylic acids is 1. The van der Waals surface area contributed by atoms with E-state index in [1.807, 2.05) is 47.0 Å². The van der Waals surface area contributed by atoms with Gasteiger partial charge in [-0.2, -0.15) is 0 Å². The number of nitrogens with zero attached hydrogens (tertiary/aromatic N) is 5. The van der Waals surface area contributed by atoms with E-state index in [0.29, 0.717) is 5.95 Å². The average Bonchev–Trinajstić information content (AvgIpc) is 3.39. The summed E-state index contributed by atoms with van der Waals surface area (Å²) in [6.07, 6.45) is 3.25. The van der Waals surface area contributed by atoms with Crippen LogP contribution in [0.2, 0.25) is 0 Å². The minimum absolute atomic E-state index is 0. The summed E-state index contributed by atoms with van der Waals surface area (Å²) >= 11 is 0. The molecule has 1 radical (unpaired) electrons. The monoisotopic (exact) mass is 599 g/mol. The Balaban J connectivity index is 0.000000209. The zero-order valence-corrected chi connectivity index (χ0v) is 19.0. The van der Waals surface area contributed by atoms with Crippen molar-refractivity contribution in [2.75, 3.05) is 0 Å². The van der Waals surface area contributed by atoms with Gasteiger partial charge >= 0.3 is 5.97 Å². The molecular weight excluding hydrogens is 583 g/mol. The fourth-order valence-electron chi connectivity index (χ4n) is 3.48. The van der Waals surface area contributed by atoms with Gasteiger partial charge in [-0.05, 0) is 29.1 Å². The quantitative estimate of drug-likeness (QED) is 0.316. The summed E-state index contributed by atoms with van der Waals surface area (Å²) in [4.78, 5) is 27.6. The molecular formula is C24H16IrN5O2-. The fraction of sp³-hybridized carbons (Fsp3) is 0. The molecule has 1 N–H and O–H groups in total. The first-order valence-electron chi connectivity index (χ1n) is 9.61. The predicted molar refractivity (Wildman–Crippen MR) is 118 cm³/mol. The number of imidazole rings is 1. The number of hydrogen-bond donors (Lipinski definition) is 1. The molecule has 0 unspecified atom stereocenters. The third-order valence-corrected chi connectivity index (χ3v) is 4.84. The molecule has 8 heteroatoms. The Labute approximate surface area is 196 Å². The van der Waals surface area contributed by atoms with Gasteiger partial charge in [0, 0.05) is 54.9 Å². The average molecular weight is 599 g/mol. The number of hydrogen-bond acceptors (Lipinski definition) is 4. The zero-order valence-electron chi connectivity index (χ0n) is 16.6. The van der Waals surface area contributed by atoms with Crippen molar-refractivity contribution in [1.29, 1.82) is 0 Å². The second kappa shape index (κ2) is 9.09. The van der Waals surface area contributed by atoms with Crippen LogP contribution >= 0.6 is 0 Å². The normalized spacial score (nSPS) is 10.5. The molecule has 0 saturated carbocycles. The van der Waals surface area contributed by atoms with Crippen LogP contribution < -0.4 is 4.98 Å². The molecule has 32 heavy (non-hydrogen) atoms. The number of aromatic carboxylic acids is 1. The van der Waals surface area contributed by atoms with E-state index in [1.165, 1.54) is 17.6 Å². The number of pyridine rings is 2. The summed E-state index contributed by atoms with van der Waals surface area (Å²) in [7, 11) is 0. The molecule has 2 aromatic carbocycles. The van der Waals surface area contributed by atoms with Crippen LogP contribution in [0.25, 0.3) is 38.9 Å². The predicted octanol–water partition coefficient (Wildman–Crippen LogP) is 4.46. The molecule has 0 amide bonds. The molecule has 6 rings (SSSR count). The maximum Gasteiger partial charge on any atom is 0.354 e. The number of benzene rings is 2. The molecule has 4 heterocycles. The first-order valence-corrected chi connectivity index (χ1v) is 9.61. The van der Waals surface area contributed by atoms with Crippen molar-refractivity contribution in [1.82, 2.24) is 24.5 Å². The van der Waals surface area contributed by atoms with E-state index in [-0.39, 0.29) is 25.8 Å². The van der Waals surface area contributed by atoms with Crippen molar-refractivity contribution < 1.29 is 30.0 Å². The molecule has 0 atom stereocenters. The molecule has 0 aliphatic heterocycles. The Morgan fingerprint density at radius 3 is 2.28 bits per heavy atom. The number of carbonyl (C=O) groups is 1. The van der Waals surface area contributed by atoms with Crippen LogP contribution in [0.1, 0.15) is 10.5 Å². The van der Waals surface area contributed by atoms with Gasteiger partial charge in [0.25, 0.3) is 0 Å². The van der Waals surface area contributed by atoms with E-state index in [9.17, 15) is 4.79 Å². The number of carboxylic acid groups (broad SMARTS) is 1. The van der Waals surface area contributed by atoms with Crippen molar-refractivity contribution in [3.63, 3.8) is 0 Å². The first kappa shape index (κ1) is 21.4. The summed E-state index contributed by atoms with van der Waals surface area (Å²) < 4.78 is 2.03. The van der Waals surface area contributed by atoms with Crippen molar-refractivity contribution in [3.05, 3.63) is 97.0 Å². The minimum atomic E-state index is -0.990. The number of para-hydroxylation sites is 3. The van der Waals surface area contributed by atoms with Crippen molar-refractivity contribution >= 4 is 38.9 Å². The first-order chi connectivity index (χ1) is 15.2. The van der Waals surface area contributed by atoms with Crippen LogP contribution in [-0.2, 0) is 20.1 Å². The second-order valence-corrected chi connectivity index (χ2v) is 6.76. The standard InChI is InChI=1S/C18H11N4.C6H5NO2.Ir/c1-4-10-16-12(6-1)13-7-5-11-19-17(13)22(16)18-20-14-8-2-3-9-15(14)21-18;8-6(9)5-3-1-2-4-7-5;/h1-11H;1-4H,(H,8,9);/q-1;;. The van der Waals surface area contributed by atoms with E-state index in [2.05, 4.69) is 38.1 Å². The van der Waals surface area contributed by atoms with Crippen LogP contribution in [0.4, 0.5) is 0 Å². The van der Waals surface area contributed by atoms with Crippen LogP contribution in [0.5, 0.6) is 0 Å². The van der Waals surface area contributed by atoms with E-state index in [4.69, 9.17) is 5.11 Å². The minimum Gasteiger partial charge on any atom is -0.477 e. The number of fused-ring (bicyclic) bond motifs is 4. The van der Waals surface area contributed by atoms with Gasteiger partial charge in [0.05, 0.1) is 5.65 Å². The second-order valence-electron chi connectivity index (χ2n) is 6.76. The number of aromatic nitrogens is 5. The van der Waals surface area contributed by atoms with Gasteiger partial charge in [0.15, 0.2) is 0 Å². The SMILES string of the molecule is O=C(O)c1ccccn1.[Ir].c1ccc2[n-]c(-n3c4ccccc4c4cccnc43)nc2c1. The van der Waals surface area contributed by atoms with E-state index < -0.39 is 5.97 Å². The van der Waals surface area contributed by atoms with Gasteiger partial charge < -0.3 is 19.6 Å². The Morgan fingerprint density at radius 1 is 0.812 bits per heavy atom. The van der Waals surface area contributed by atoms with E-state index in [1.54, 1.807) is 18.3 Å². The molecule has 0 aliphatic rings. The largest absolute Gasteiger partial charge is 0.477 e. The molecule has 0 fully saturated rings. The van der Waals surface area contributed by atoms with Gasteiger partial charge in [-0.15, -0.1) is 0 Å². The summed E-state index contributed by atoms with van der Waals surface area (Å²) in [5.41, 5.74) is 3.85. The summed E-state index contributed by atoms with van der Waals surface area (Å²) in [6.45, 7) is 0. The van der Waals surface area contributed by atoms with Crippen LogP contribution in [0, 0.1) is 0 Å². The maximum absolute atomic E-state index is 10.1. The summed E-state index contributed by atoms with van der Waals surface area (Å²) in [5.74, 6) is -0.318. The Hall–Kier alpha value is -3.87. The van der Waals surface area contributed by atoms with Gasteiger partial charge in [0.2, 0.25) is 0 Å². The van der Waals surface area contributed by atoms with Gasteiger partial charge in [-0.3, -0.25) is 4.98 Å². The van der Waals surface area contributed by atoms with Crippen molar-refractivity contribution in [2.24, 2.45) is 0 Å². The Kier molecular flexibility index (Phi) is 6.07. The summed E-state index contributed by atoms with van der Waals surface area (Å²) in [5, 5.41) is 10.6. The molecule has 6 aromatic rings. The summed E-state index contributed by atoms with van der Waals surface area (Å²) in [6, 6.07) is 25.0. The van der Waals surface area contributed by atoms with Crippen LogP contribution in [0.3, 0.4) is 0 Å². The topological polar surface area (TPSA) is 95.0 Å². The smallest absolute Gasteiger partial charge is 0.354 e. The van der Waals surface area contributed by atoms with E-state index >= 15 is 0 Å². The third kappa shape index (κ3) is 3.89. The van der Waals surface area contributed by atoms with Crippen LogP contribution in [-0.4, -0.2) is 30.6 Å². The molecule has 7 nitrogen and oxygen atoms in total. The molecule has 0 spiro atoms. The Morgan fingerprint density at radius 2 is 1.53 bits per heavy atom. The molecule has 4 aromatic heterocycles. The molecule has 159 valence electrons. The third-order valence-electron chi connectivity index (χ3n) is 4.84. The fourth-order valence-corrected chi connectivity index (χ4v) is 3.48. The molecule has 0 saturated heterocycles. The Bertz CT molecular complexity index is 1440. The number of rotatable bonds is 2. The maximum atomic E-state index is 10.1. The van der Waals surface area contributed by atoms with Gasteiger partial charge in [-0.1, -0.05) is 60.7 Å². The van der Waals surface area contributed by atoms with Crippen LogP contribution in [0.15, 0.2) is 91.3 Å².